The van der Waals surface area contributed by atoms with Gasteiger partial charge < -0.3 is 15.1 Å². The van der Waals surface area contributed by atoms with Crippen LogP contribution in [0.25, 0.3) is 0 Å². The highest BCUT2D eigenvalue weighted by molar-refractivity contribution is 5.95. The summed E-state index contributed by atoms with van der Waals surface area (Å²) < 4.78 is 0. The molecule has 7 nitrogen and oxygen atoms in total. The normalized spacial score (nSPS) is 14.2. The summed E-state index contributed by atoms with van der Waals surface area (Å²) in [4.78, 5) is 23.6. The molecule has 7 heteroatoms. The van der Waals surface area contributed by atoms with Gasteiger partial charge >= 0.3 is 5.69 Å². The fourth-order valence-corrected chi connectivity index (χ4v) is 1.92. The molecule has 19 heavy (non-hydrogen) atoms. The van der Waals surface area contributed by atoms with Crippen LogP contribution < -0.4 is 0 Å². The zero-order valence-corrected chi connectivity index (χ0v) is 10.2. The molecular formula is C12H14N2O5. The van der Waals surface area contributed by atoms with Gasteiger partial charge in [0.05, 0.1) is 11.5 Å². The molecule has 0 aliphatic heterocycles. The van der Waals surface area contributed by atoms with E-state index in [9.17, 15) is 20.0 Å². The number of nitro groups is 1. The second kappa shape index (κ2) is 5.23. The summed E-state index contributed by atoms with van der Waals surface area (Å²) in [6, 6.07) is 3.63. The second-order valence-electron chi connectivity index (χ2n) is 4.41. The lowest BCUT2D eigenvalue weighted by Crippen LogP contribution is -2.35. The van der Waals surface area contributed by atoms with Crippen molar-refractivity contribution >= 4 is 11.6 Å². The Kier molecular flexibility index (Phi) is 3.66. The molecule has 0 unspecified atom stereocenters. The Hall–Kier alpha value is -2.15. The largest absolute Gasteiger partial charge is 0.502 e. The van der Waals surface area contributed by atoms with Crippen molar-refractivity contribution in [3.8, 4) is 5.75 Å². The molecule has 0 aromatic heterocycles. The molecule has 0 heterocycles. The maximum Gasteiger partial charge on any atom is 0.310 e. The number of aliphatic hydroxyl groups is 1. The van der Waals surface area contributed by atoms with Crippen molar-refractivity contribution in [1.29, 1.82) is 0 Å². The first kappa shape index (κ1) is 13.3. The monoisotopic (exact) mass is 266 g/mol. The molecule has 1 aromatic rings. The summed E-state index contributed by atoms with van der Waals surface area (Å²) in [6.45, 7) is 0.0858. The molecule has 1 fully saturated rings. The topological polar surface area (TPSA) is 104 Å². The molecule has 0 bridgehead atoms. The molecule has 0 saturated heterocycles. The van der Waals surface area contributed by atoms with Crippen molar-refractivity contribution in [3.63, 3.8) is 0 Å². The summed E-state index contributed by atoms with van der Waals surface area (Å²) in [5.74, 6) is -0.864. The van der Waals surface area contributed by atoms with E-state index in [1.165, 1.54) is 11.0 Å². The van der Waals surface area contributed by atoms with Crippen LogP contribution in [0.2, 0.25) is 0 Å². The number of phenols is 1. The van der Waals surface area contributed by atoms with E-state index in [-0.39, 0.29) is 30.7 Å². The number of carbonyl (C=O) groups excluding carboxylic acids is 1. The van der Waals surface area contributed by atoms with Crippen LogP contribution in [-0.2, 0) is 0 Å². The zero-order chi connectivity index (χ0) is 14.0. The van der Waals surface area contributed by atoms with Gasteiger partial charge in [0.2, 0.25) is 0 Å². The minimum Gasteiger partial charge on any atom is -0.502 e. The molecule has 102 valence electrons. The minimum absolute atomic E-state index is 0.122. The lowest BCUT2D eigenvalue weighted by atomic mass is 10.1. The fraction of sp³-hybridized carbons (Fsp3) is 0.417. The maximum atomic E-state index is 12.2. The number of aromatic hydroxyl groups is 1. The van der Waals surface area contributed by atoms with Crippen LogP contribution in [0.3, 0.4) is 0 Å². The number of amides is 1. The van der Waals surface area contributed by atoms with E-state index in [4.69, 9.17) is 5.11 Å². The summed E-state index contributed by atoms with van der Waals surface area (Å²) >= 11 is 0. The van der Waals surface area contributed by atoms with Crippen molar-refractivity contribution < 1.29 is 19.9 Å². The first-order valence-electron chi connectivity index (χ1n) is 5.94. The molecule has 1 amide bonds. The highest BCUT2D eigenvalue weighted by atomic mass is 16.6. The van der Waals surface area contributed by atoms with E-state index >= 15 is 0 Å². The van der Waals surface area contributed by atoms with Crippen molar-refractivity contribution in [2.75, 3.05) is 13.2 Å². The van der Waals surface area contributed by atoms with Crippen LogP contribution in [0.15, 0.2) is 18.2 Å². The van der Waals surface area contributed by atoms with Crippen molar-refractivity contribution in [2.45, 2.75) is 18.9 Å². The van der Waals surface area contributed by atoms with Gasteiger partial charge in [-0.1, -0.05) is 0 Å². The van der Waals surface area contributed by atoms with Gasteiger partial charge in [0.15, 0.2) is 5.75 Å². The van der Waals surface area contributed by atoms with Gasteiger partial charge in [0, 0.05) is 24.2 Å². The number of rotatable bonds is 5. The predicted molar refractivity (Wildman–Crippen MR) is 65.9 cm³/mol. The standard InChI is InChI=1S/C12H14N2O5/c15-6-5-13(9-2-3-9)12(17)8-1-4-10(14(18)19)11(16)7-8/h1,4,7,9,15-16H,2-3,5-6H2. The third kappa shape index (κ3) is 2.82. The number of phenolic OH excluding ortho intramolecular Hbond substituents is 1. The molecule has 0 spiro atoms. The summed E-state index contributed by atoms with van der Waals surface area (Å²) in [5, 5.41) is 29.0. The first-order chi connectivity index (χ1) is 9.04. The maximum absolute atomic E-state index is 12.2. The van der Waals surface area contributed by atoms with Crippen molar-refractivity contribution in [3.05, 3.63) is 33.9 Å². The van der Waals surface area contributed by atoms with E-state index in [0.29, 0.717) is 0 Å². The summed E-state index contributed by atoms with van der Waals surface area (Å²) in [7, 11) is 0. The van der Waals surface area contributed by atoms with Gasteiger partial charge in [0.1, 0.15) is 0 Å². The highest BCUT2D eigenvalue weighted by Gasteiger charge is 2.33. The van der Waals surface area contributed by atoms with Crippen LogP contribution in [0.4, 0.5) is 5.69 Å². The van der Waals surface area contributed by atoms with E-state index in [1.54, 1.807) is 0 Å². The van der Waals surface area contributed by atoms with Crippen molar-refractivity contribution in [1.82, 2.24) is 4.90 Å². The lowest BCUT2D eigenvalue weighted by molar-refractivity contribution is -0.385. The predicted octanol–water partition coefficient (Wildman–Crippen LogP) is 0.897. The van der Waals surface area contributed by atoms with Crippen LogP contribution in [-0.4, -0.2) is 45.1 Å². The van der Waals surface area contributed by atoms with Gasteiger partial charge in [-0.15, -0.1) is 0 Å². The molecular weight excluding hydrogens is 252 g/mol. The van der Waals surface area contributed by atoms with Crippen LogP contribution in [0.5, 0.6) is 5.75 Å². The summed E-state index contributed by atoms with van der Waals surface area (Å²) in [5.41, 5.74) is -0.250. The second-order valence-corrected chi connectivity index (χ2v) is 4.41. The van der Waals surface area contributed by atoms with E-state index in [1.807, 2.05) is 0 Å². The first-order valence-corrected chi connectivity index (χ1v) is 5.94. The SMILES string of the molecule is O=C(c1ccc([N+](=O)[O-])c(O)c1)N(CCO)C1CC1. The molecule has 1 saturated carbocycles. The third-order valence-corrected chi connectivity index (χ3v) is 3.01. The van der Waals surface area contributed by atoms with Gasteiger partial charge in [-0.2, -0.15) is 0 Å². The van der Waals surface area contributed by atoms with Gasteiger partial charge in [-0.25, -0.2) is 0 Å². The lowest BCUT2D eigenvalue weighted by Gasteiger charge is -2.21. The number of nitrogens with zero attached hydrogens (tertiary/aromatic N) is 2. The molecule has 1 aromatic carbocycles. The van der Waals surface area contributed by atoms with Gasteiger partial charge in [0.25, 0.3) is 5.91 Å². The minimum atomic E-state index is -0.712. The Balaban J connectivity index is 2.23. The highest BCUT2D eigenvalue weighted by Crippen LogP contribution is 2.30. The average Bonchev–Trinajstić information content (AvgIpc) is 3.18. The van der Waals surface area contributed by atoms with E-state index < -0.39 is 16.4 Å². The number of hydrogen-bond acceptors (Lipinski definition) is 5. The number of nitro benzene ring substituents is 1. The quantitative estimate of drug-likeness (QED) is 0.608. The molecule has 1 aliphatic rings. The molecule has 2 rings (SSSR count). The Morgan fingerprint density at radius 1 is 1.47 bits per heavy atom. The summed E-state index contributed by atoms with van der Waals surface area (Å²) in [6.07, 6.45) is 1.79. The van der Waals surface area contributed by atoms with E-state index in [2.05, 4.69) is 0 Å². The number of hydrogen-bond donors (Lipinski definition) is 2. The smallest absolute Gasteiger partial charge is 0.310 e. The number of carbonyl (C=O) groups is 1. The Bertz CT molecular complexity index is 513. The zero-order valence-electron chi connectivity index (χ0n) is 10.2. The fourth-order valence-electron chi connectivity index (χ4n) is 1.92. The van der Waals surface area contributed by atoms with Crippen LogP contribution in [0.1, 0.15) is 23.2 Å². The molecule has 0 atom stereocenters. The van der Waals surface area contributed by atoms with Crippen LogP contribution >= 0.6 is 0 Å². The van der Waals surface area contributed by atoms with E-state index in [0.717, 1.165) is 25.0 Å². The van der Waals surface area contributed by atoms with Gasteiger partial charge in [-0.3, -0.25) is 14.9 Å². The van der Waals surface area contributed by atoms with Crippen LogP contribution in [0, 0.1) is 10.1 Å². The van der Waals surface area contributed by atoms with Gasteiger partial charge in [-0.05, 0) is 25.0 Å². The molecule has 2 N–H and O–H groups in total. The van der Waals surface area contributed by atoms with Crippen molar-refractivity contribution in [2.24, 2.45) is 0 Å². The third-order valence-electron chi connectivity index (χ3n) is 3.01. The molecule has 0 radical (unpaired) electrons. The Morgan fingerprint density at radius 3 is 2.63 bits per heavy atom. The Labute approximate surface area is 109 Å². The average molecular weight is 266 g/mol. The molecule has 1 aliphatic carbocycles. The Morgan fingerprint density at radius 2 is 2.16 bits per heavy atom. The number of benzene rings is 1. The number of aliphatic hydroxyl groups excluding tert-OH is 1.